The Kier molecular flexibility index (Phi) is 7.77. The molecule has 0 bridgehead atoms. The number of halogens is 2. The van der Waals surface area contributed by atoms with Gasteiger partial charge >= 0.3 is 40.9 Å². The van der Waals surface area contributed by atoms with Gasteiger partial charge in [0.15, 0.2) is 0 Å². The normalized spacial score (nSPS) is 12.8. The molecule has 0 N–H and O–H groups in total. The topological polar surface area (TPSA) is 0 Å². The molecule has 1 rings (SSSR count). The van der Waals surface area contributed by atoms with Crippen LogP contribution >= 0.6 is 17.2 Å². The molecule has 0 nitrogen and oxygen atoms in total. The van der Waals surface area contributed by atoms with Crippen molar-refractivity contribution in [2.45, 2.75) is 11.1 Å². The van der Waals surface area contributed by atoms with Crippen molar-refractivity contribution in [3.63, 3.8) is 0 Å². The minimum absolute atomic E-state index is 1.14. The summed E-state index contributed by atoms with van der Waals surface area (Å²) in [5.74, 6) is 0. The first-order valence-corrected chi connectivity index (χ1v) is 14.5. The van der Waals surface area contributed by atoms with Crippen LogP contribution in [-0.2, 0) is 0 Å². The summed E-state index contributed by atoms with van der Waals surface area (Å²) in [6.45, 7) is 0. The zero-order valence-electron chi connectivity index (χ0n) is 5.35. The molecule has 1 aliphatic rings. The van der Waals surface area contributed by atoms with Gasteiger partial charge in [-0.25, -0.2) is 0 Å². The van der Waals surface area contributed by atoms with Crippen LogP contribution < -0.4 is 0 Å². The van der Waals surface area contributed by atoms with Crippen LogP contribution in [0.1, 0.15) is 6.42 Å². The summed E-state index contributed by atoms with van der Waals surface area (Å²) in [5.41, 5.74) is 0. The Balaban J connectivity index is 0.000000148. The van der Waals surface area contributed by atoms with E-state index < -0.39 is 19.1 Å². The Morgan fingerprint density at radius 2 is 1.56 bits per heavy atom. The monoisotopic (exact) mass is 266 g/mol. The molecule has 0 atom stereocenters. The summed E-state index contributed by atoms with van der Waals surface area (Å²) in [7, 11) is 10.5. The molecule has 0 unspecified atom stereocenters. The van der Waals surface area contributed by atoms with Gasteiger partial charge in [-0.05, 0) is 6.42 Å². The SMILES string of the molecule is C1=CCC=C1.[CH3][In]([Cl])[Cl]. The second-order valence-electron chi connectivity index (χ2n) is 1.61. The van der Waals surface area contributed by atoms with Crippen molar-refractivity contribution in [2.24, 2.45) is 0 Å². The third kappa shape index (κ3) is 12.2. The van der Waals surface area contributed by atoms with Gasteiger partial charge in [-0.3, -0.25) is 0 Å². The van der Waals surface area contributed by atoms with E-state index in [2.05, 4.69) is 24.3 Å². The number of allylic oxidation sites excluding steroid dienone is 4. The molecule has 0 aromatic rings. The van der Waals surface area contributed by atoms with Gasteiger partial charge in [0.2, 0.25) is 0 Å². The number of rotatable bonds is 0. The van der Waals surface area contributed by atoms with Crippen molar-refractivity contribution >= 4 is 36.2 Å². The van der Waals surface area contributed by atoms with Crippen LogP contribution in [0.2, 0.25) is 4.68 Å². The first kappa shape index (κ1) is 9.93. The van der Waals surface area contributed by atoms with Crippen molar-refractivity contribution < 1.29 is 0 Å². The third-order valence-corrected chi connectivity index (χ3v) is 0.655. The summed E-state index contributed by atoms with van der Waals surface area (Å²) in [5, 5.41) is 0. The van der Waals surface area contributed by atoms with Crippen molar-refractivity contribution in [3.05, 3.63) is 24.3 Å². The van der Waals surface area contributed by atoms with Crippen molar-refractivity contribution in [1.82, 2.24) is 0 Å². The van der Waals surface area contributed by atoms with Crippen molar-refractivity contribution in [3.8, 4) is 0 Å². The molecular formula is C6H9Cl2In. The first-order chi connectivity index (χ1) is 4.23. The minimum atomic E-state index is -1.69. The molecule has 50 valence electrons. The molecule has 0 aromatic carbocycles. The Morgan fingerprint density at radius 1 is 1.22 bits per heavy atom. The van der Waals surface area contributed by atoms with E-state index >= 15 is 0 Å². The molecule has 0 radical (unpaired) electrons. The van der Waals surface area contributed by atoms with E-state index in [4.69, 9.17) is 17.2 Å². The van der Waals surface area contributed by atoms with Crippen LogP contribution in [0.25, 0.3) is 0 Å². The average Bonchev–Trinajstić information content (AvgIpc) is 2.11. The Hall–Kier alpha value is 0.930. The molecule has 0 saturated carbocycles. The van der Waals surface area contributed by atoms with E-state index in [1.807, 2.05) is 4.68 Å². The molecule has 0 heterocycles. The predicted molar refractivity (Wildman–Crippen MR) is 46.2 cm³/mol. The van der Waals surface area contributed by atoms with Gasteiger partial charge < -0.3 is 0 Å². The molecule has 0 aliphatic heterocycles. The summed E-state index contributed by atoms with van der Waals surface area (Å²) in [6.07, 6.45) is 9.50. The maximum absolute atomic E-state index is 5.25. The summed E-state index contributed by atoms with van der Waals surface area (Å²) < 4.78 is 1.91. The Bertz CT molecular complexity index is 94.9. The molecule has 0 amide bonds. The van der Waals surface area contributed by atoms with Crippen LogP contribution in [0, 0.1) is 0 Å². The summed E-state index contributed by atoms with van der Waals surface area (Å²) >= 11 is -1.69. The molecule has 3 heteroatoms. The summed E-state index contributed by atoms with van der Waals surface area (Å²) in [4.78, 5) is 0. The second-order valence-corrected chi connectivity index (χ2v) is 14.9. The molecule has 9 heavy (non-hydrogen) atoms. The van der Waals surface area contributed by atoms with Gasteiger partial charge in [0.05, 0.1) is 0 Å². The molecule has 0 spiro atoms. The van der Waals surface area contributed by atoms with Crippen LogP contribution in [0.3, 0.4) is 0 Å². The predicted octanol–water partition coefficient (Wildman–Crippen LogP) is 3.08. The van der Waals surface area contributed by atoms with Crippen LogP contribution in [0.4, 0.5) is 0 Å². The maximum atomic E-state index is 5.25. The van der Waals surface area contributed by atoms with Crippen LogP contribution in [0.15, 0.2) is 24.3 Å². The Morgan fingerprint density at radius 3 is 1.67 bits per heavy atom. The third-order valence-electron chi connectivity index (χ3n) is 0.655. The van der Waals surface area contributed by atoms with Gasteiger partial charge in [-0.1, -0.05) is 24.3 Å². The zero-order valence-corrected chi connectivity index (χ0v) is 10.2. The quantitative estimate of drug-likeness (QED) is 0.632. The van der Waals surface area contributed by atoms with Gasteiger partial charge in [0.1, 0.15) is 0 Å². The van der Waals surface area contributed by atoms with Gasteiger partial charge in [0, 0.05) is 0 Å². The van der Waals surface area contributed by atoms with Gasteiger partial charge in [0.25, 0.3) is 0 Å². The fraction of sp³-hybridized carbons (Fsp3) is 0.333. The van der Waals surface area contributed by atoms with Crippen LogP contribution in [0.5, 0.6) is 0 Å². The van der Waals surface area contributed by atoms with Crippen LogP contribution in [-0.4, -0.2) is 19.1 Å². The Labute approximate surface area is 71.2 Å². The molecule has 1 aliphatic carbocycles. The molecule has 0 fully saturated rings. The van der Waals surface area contributed by atoms with E-state index in [1.54, 1.807) is 0 Å². The van der Waals surface area contributed by atoms with Crippen molar-refractivity contribution in [1.29, 1.82) is 0 Å². The first-order valence-electron chi connectivity index (χ1n) is 2.83. The average molecular weight is 267 g/mol. The van der Waals surface area contributed by atoms with Gasteiger partial charge in [-0.15, -0.1) is 0 Å². The fourth-order valence-corrected chi connectivity index (χ4v) is 0.393. The molecule has 0 saturated heterocycles. The fourth-order valence-electron chi connectivity index (χ4n) is 0.393. The van der Waals surface area contributed by atoms with Gasteiger partial charge in [-0.2, -0.15) is 0 Å². The van der Waals surface area contributed by atoms with E-state index in [0.717, 1.165) is 6.42 Å². The molecular weight excluding hydrogens is 258 g/mol. The standard InChI is InChI=1S/C5H6.CH3.2ClH.In/c1-2-4-5-3-1;;;;/h1-4H,5H2;1H3;2*1H;/q;;;;+2/p-2. The zero-order chi connectivity index (χ0) is 7.11. The number of hydrogen-bond donors (Lipinski definition) is 0. The number of hydrogen-bond acceptors (Lipinski definition) is 0. The molecule has 0 aromatic heterocycles. The van der Waals surface area contributed by atoms with E-state index in [0.29, 0.717) is 0 Å². The van der Waals surface area contributed by atoms with E-state index in [-0.39, 0.29) is 0 Å². The van der Waals surface area contributed by atoms with E-state index in [1.165, 1.54) is 0 Å². The van der Waals surface area contributed by atoms with E-state index in [9.17, 15) is 0 Å². The second kappa shape index (κ2) is 7.04. The van der Waals surface area contributed by atoms with Crippen molar-refractivity contribution in [2.75, 3.05) is 0 Å². The summed E-state index contributed by atoms with van der Waals surface area (Å²) in [6, 6.07) is 0.